The molecule has 1 aromatic carbocycles. The molecular weight excluding hydrogens is 425 g/mol. The molecule has 13 heteroatoms. The highest BCUT2D eigenvalue weighted by atomic mass is 35.5. The highest BCUT2D eigenvalue weighted by molar-refractivity contribution is 7.93. The van der Waals surface area contributed by atoms with Crippen molar-refractivity contribution in [2.45, 2.75) is 13.1 Å². The molecule has 0 aliphatic rings. The number of halogens is 6. The number of aromatic nitrogens is 2. The van der Waals surface area contributed by atoms with Crippen molar-refractivity contribution in [1.82, 2.24) is 9.78 Å². The summed E-state index contributed by atoms with van der Waals surface area (Å²) in [6.07, 6.45) is -4.38. The first-order valence-corrected chi connectivity index (χ1v) is 9.16. The summed E-state index contributed by atoms with van der Waals surface area (Å²) in [5.74, 6) is -1.12. The van der Waals surface area contributed by atoms with Gasteiger partial charge in [0.05, 0.1) is 23.1 Å². The zero-order valence-electron chi connectivity index (χ0n) is 12.7. The van der Waals surface area contributed by atoms with Crippen LogP contribution in [0.1, 0.15) is 11.1 Å². The first-order valence-electron chi connectivity index (χ1n) is 6.59. The lowest BCUT2D eigenvalue weighted by atomic mass is 10.2. The van der Waals surface area contributed by atoms with E-state index < -0.39 is 54.6 Å². The summed E-state index contributed by atoms with van der Waals surface area (Å²) in [6.45, 7) is 0.937. The zero-order valence-corrected chi connectivity index (χ0v) is 15.1. The molecule has 0 bridgehead atoms. The standard InChI is InChI=1S/C13H9Cl2F4N3O3S/c1-6-8(13(17,18)19)4-20-22(12(6)23)7-2-9(16)11(15)10(3-7)21-26(24,25)5-14/h2-4,21H,5H2,1H3. The molecule has 2 rings (SSSR count). The molecule has 0 atom stereocenters. The van der Waals surface area contributed by atoms with Crippen LogP contribution in [-0.4, -0.2) is 23.4 Å². The molecule has 0 saturated heterocycles. The van der Waals surface area contributed by atoms with Gasteiger partial charge in [-0.05, 0) is 13.0 Å². The Hall–Kier alpha value is -1.85. The Balaban J connectivity index is 2.65. The number of hydrogen-bond acceptors (Lipinski definition) is 4. The Labute approximate surface area is 154 Å². The van der Waals surface area contributed by atoms with E-state index in [-0.39, 0.29) is 5.69 Å². The van der Waals surface area contributed by atoms with Gasteiger partial charge in [-0.2, -0.15) is 23.0 Å². The van der Waals surface area contributed by atoms with Crippen molar-refractivity contribution in [3.8, 4) is 5.69 Å². The van der Waals surface area contributed by atoms with Gasteiger partial charge in [0, 0.05) is 11.6 Å². The summed E-state index contributed by atoms with van der Waals surface area (Å²) in [7, 11) is -4.05. The minimum atomic E-state index is -4.79. The third-order valence-electron chi connectivity index (χ3n) is 3.19. The molecule has 6 nitrogen and oxygen atoms in total. The van der Waals surface area contributed by atoms with Gasteiger partial charge >= 0.3 is 6.18 Å². The predicted molar refractivity (Wildman–Crippen MR) is 87.8 cm³/mol. The molecule has 0 aliphatic heterocycles. The van der Waals surface area contributed by atoms with Crippen LogP contribution >= 0.6 is 23.2 Å². The van der Waals surface area contributed by atoms with Gasteiger partial charge in [0.1, 0.15) is 16.1 Å². The lowest BCUT2D eigenvalue weighted by Crippen LogP contribution is -2.27. The van der Waals surface area contributed by atoms with Crippen molar-refractivity contribution >= 4 is 38.9 Å². The van der Waals surface area contributed by atoms with E-state index in [1.54, 1.807) is 0 Å². The van der Waals surface area contributed by atoms with Crippen LogP contribution in [0, 0.1) is 12.7 Å². The summed E-state index contributed by atoms with van der Waals surface area (Å²) in [4.78, 5) is 12.2. The van der Waals surface area contributed by atoms with E-state index in [1.165, 1.54) is 0 Å². The fourth-order valence-electron chi connectivity index (χ4n) is 1.97. The molecule has 0 radical (unpaired) electrons. The lowest BCUT2D eigenvalue weighted by Gasteiger charge is -2.14. The van der Waals surface area contributed by atoms with Gasteiger partial charge in [-0.3, -0.25) is 9.52 Å². The maximum Gasteiger partial charge on any atom is 0.418 e. The average molecular weight is 434 g/mol. The van der Waals surface area contributed by atoms with Crippen molar-refractivity contribution in [3.05, 3.63) is 50.7 Å². The number of alkyl halides is 4. The lowest BCUT2D eigenvalue weighted by molar-refractivity contribution is -0.138. The van der Waals surface area contributed by atoms with Gasteiger partial charge in [-0.15, -0.1) is 11.6 Å². The van der Waals surface area contributed by atoms with Crippen LogP contribution in [0.15, 0.2) is 23.1 Å². The van der Waals surface area contributed by atoms with Gasteiger partial charge in [-0.25, -0.2) is 12.8 Å². The molecule has 26 heavy (non-hydrogen) atoms. The molecule has 0 unspecified atom stereocenters. The van der Waals surface area contributed by atoms with E-state index in [0.29, 0.717) is 10.9 Å². The van der Waals surface area contributed by atoms with Crippen LogP contribution in [0.25, 0.3) is 5.69 Å². The molecule has 1 N–H and O–H groups in total. The number of nitrogens with zero attached hydrogens (tertiary/aromatic N) is 2. The van der Waals surface area contributed by atoms with E-state index in [2.05, 4.69) is 5.10 Å². The summed E-state index contributed by atoms with van der Waals surface area (Å²) < 4.78 is 77.9. The summed E-state index contributed by atoms with van der Waals surface area (Å²) in [5, 5.41) is 1.91. The summed E-state index contributed by atoms with van der Waals surface area (Å²) in [6, 6.07) is 1.67. The molecule has 2 aromatic rings. The SMILES string of the molecule is Cc1c(C(F)(F)F)cnn(-c2cc(F)c(Cl)c(NS(=O)(=O)CCl)c2)c1=O. The topological polar surface area (TPSA) is 81.1 Å². The van der Waals surface area contributed by atoms with Crippen LogP contribution < -0.4 is 10.3 Å². The number of anilines is 1. The second-order valence-corrected chi connectivity index (χ2v) is 7.70. The second kappa shape index (κ2) is 7.05. The number of sulfonamides is 1. The zero-order chi connectivity index (χ0) is 19.9. The maximum absolute atomic E-state index is 14.0. The van der Waals surface area contributed by atoms with Crippen molar-refractivity contribution in [3.63, 3.8) is 0 Å². The normalized spacial score (nSPS) is 12.3. The van der Waals surface area contributed by atoms with Crippen LogP contribution in [-0.2, 0) is 16.2 Å². The van der Waals surface area contributed by atoms with E-state index in [1.807, 2.05) is 4.72 Å². The molecule has 142 valence electrons. The predicted octanol–water partition coefficient (Wildman–Crippen LogP) is 3.29. The van der Waals surface area contributed by atoms with Crippen molar-refractivity contribution < 1.29 is 26.0 Å². The van der Waals surface area contributed by atoms with Crippen LogP contribution in [0.3, 0.4) is 0 Å². The van der Waals surface area contributed by atoms with E-state index in [0.717, 1.165) is 19.1 Å². The summed E-state index contributed by atoms with van der Waals surface area (Å²) >= 11 is 10.9. The van der Waals surface area contributed by atoms with Crippen LogP contribution in [0.4, 0.5) is 23.2 Å². The summed E-state index contributed by atoms with van der Waals surface area (Å²) in [5.41, 5.74) is -3.84. The first-order chi connectivity index (χ1) is 11.9. The molecule has 0 fully saturated rings. The van der Waals surface area contributed by atoms with Crippen molar-refractivity contribution in [1.29, 1.82) is 0 Å². The Morgan fingerprint density at radius 2 is 1.92 bits per heavy atom. The van der Waals surface area contributed by atoms with Gasteiger partial charge in [0.25, 0.3) is 5.56 Å². The largest absolute Gasteiger partial charge is 0.418 e. The number of benzene rings is 1. The Bertz CT molecular complexity index is 1020. The molecule has 0 spiro atoms. The van der Waals surface area contributed by atoms with Gasteiger partial charge < -0.3 is 0 Å². The average Bonchev–Trinajstić information content (AvgIpc) is 2.52. The fourth-order valence-corrected chi connectivity index (χ4v) is 2.90. The third kappa shape index (κ3) is 4.10. The molecule has 0 saturated carbocycles. The highest BCUT2D eigenvalue weighted by Gasteiger charge is 2.34. The minimum Gasteiger partial charge on any atom is -0.281 e. The fraction of sp³-hybridized carbons (Fsp3) is 0.231. The number of nitrogens with one attached hydrogen (secondary N) is 1. The van der Waals surface area contributed by atoms with Crippen molar-refractivity contribution in [2.75, 3.05) is 9.93 Å². The number of hydrogen-bond donors (Lipinski definition) is 1. The van der Waals surface area contributed by atoms with Gasteiger partial charge in [0.2, 0.25) is 10.0 Å². The Morgan fingerprint density at radius 3 is 2.46 bits per heavy atom. The number of rotatable bonds is 4. The first kappa shape index (κ1) is 20.5. The Kier molecular flexibility index (Phi) is 5.54. The van der Waals surface area contributed by atoms with Gasteiger partial charge in [0.15, 0.2) is 0 Å². The molecule has 0 amide bonds. The molecular formula is C13H9Cl2F4N3O3S. The monoisotopic (exact) mass is 433 g/mol. The molecule has 0 aliphatic carbocycles. The highest BCUT2D eigenvalue weighted by Crippen LogP contribution is 2.31. The third-order valence-corrected chi connectivity index (χ3v) is 5.26. The molecule has 1 heterocycles. The van der Waals surface area contributed by atoms with Crippen LogP contribution in [0.2, 0.25) is 5.02 Å². The van der Waals surface area contributed by atoms with Gasteiger partial charge in [-0.1, -0.05) is 11.6 Å². The maximum atomic E-state index is 14.0. The van der Waals surface area contributed by atoms with E-state index in [9.17, 15) is 30.8 Å². The minimum absolute atomic E-state index is 0.332. The quantitative estimate of drug-likeness (QED) is 0.592. The van der Waals surface area contributed by atoms with E-state index >= 15 is 0 Å². The van der Waals surface area contributed by atoms with E-state index in [4.69, 9.17) is 23.2 Å². The second-order valence-electron chi connectivity index (χ2n) is 5.01. The smallest absolute Gasteiger partial charge is 0.281 e. The molecule has 1 aromatic heterocycles. The van der Waals surface area contributed by atoms with Crippen LogP contribution in [0.5, 0.6) is 0 Å². The Morgan fingerprint density at radius 1 is 1.31 bits per heavy atom. The van der Waals surface area contributed by atoms with Crippen molar-refractivity contribution in [2.24, 2.45) is 0 Å².